The molecular weight excluding hydrogens is 256 g/mol. The largest absolute Gasteiger partial charge is 0.406 e. The van der Waals surface area contributed by atoms with E-state index in [-0.39, 0.29) is 17.3 Å². The summed E-state index contributed by atoms with van der Waals surface area (Å²) in [5, 5.41) is 10.2. The van der Waals surface area contributed by atoms with E-state index in [4.69, 9.17) is 16.0 Å². The molecule has 100 valence electrons. The number of likely N-dealkylation sites (N-methyl/N-ethyl adjacent to an activating group) is 1. The van der Waals surface area contributed by atoms with Gasteiger partial charge in [-0.25, -0.2) is 0 Å². The molecule has 0 aliphatic carbocycles. The molecular formula is C11H17ClN4O2. The highest BCUT2D eigenvalue weighted by atomic mass is 35.5. The van der Waals surface area contributed by atoms with Gasteiger partial charge in [0.1, 0.15) is 11.4 Å². The molecule has 18 heavy (non-hydrogen) atoms. The van der Waals surface area contributed by atoms with Gasteiger partial charge in [-0.2, -0.15) is 0 Å². The van der Waals surface area contributed by atoms with Crippen molar-refractivity contribution in [1.29, 1.82) is 0 Å². The van der Waals surface area contributed by atoms with Crippen molar-refractivity contribution in [3.63, 3.8) is 0 Å². The highest BCUT2D eigenvalue weighted by Crippen LogP contribution is 2.26. The van der Waals surface area contributed by atoms with Crippen LogP contribution in [0.5, 0.6) is 0 Å². The smallest absolute Gasteiger partial charge is 0.318 e. The zero-order chi connectivity index (χ0) is 13.1. The first kappa shape index (κ1) is 13.1. The van der Waals surface area contributed by atoms with Crippen LogP contribution in [0.25, 0.3) is 0 Å². The average Bonchev–Trinajstić information content (AvgIpc) is 2.87. The highest BCUT2D eigenvalue weighted by Gasteiger charge is 2.31. The molecule has 1 saturated heterocycles. The molecule has 1 N–H and O–H groups in total. The SMILES string of the molecule is CNC(=O)C1CCCCN1c1nnc(C(C)Cl)o1. The number of nitrogens with zero attached hydrogens (tertiary/aromatic N) is 3. The van der Waals surface area contributed by atoms with Gasteiger partial charge in [-0.1, -0.05) is 5.10 Å². The lowest BCUT2D eigenvalue weighted by Crippen LogP contribution is -2.49. The van der Waals surface area contributed by atoms with Crippen LogP contribution in [0.15, 0.2) is 4.42 Å². The summed E-state index contributed by atoms with van der Waals surface area (Å²) in [6.45, 7) is 2.52. The Balaban J connectivity index is 2.19. The normalized spacial score (nSPS) is 21.7. The number of carbonyl (C=O) groups is 1. The molecule has 0 bridgehead atoms. The summed E-state index contributed by atoms with van der Waals surface area (Å²) in [4.78, 5) is 13.7. The Morgan fingerprint density at radius 2 is 2.33 bits per heavy atom. The molecule has 2 rings (SSSR count). The molecule has 1 aliphatic rings. The summed E-state index contributed by atoms with van der Waals surface area (Å²) in [6, 6.07) is 0.147. The van der Waals surface area contributed by atoms with E-state index in [9.17, 15) is 4.79 Å². The van der Waals surface area contributed by atoms with Gasteiger partial charge >= 0.3 is 6.01 Å². The first-order valence-electron chi connectivity index (χ1n) is 6.09. The molecule has 1 aliphatic heterocycles. The van der Waals surface area contributed by atoms with Crippen LogP contribution in [0.2, 0.25) is 0 Å². The van der Waals surface area contributed by atoms with E-state index in [1.54, 1.807) is 14.0 Å². The van der Waals surface area contributed by atoms with Crippen LogP contribution in [0.4, 0.5) is 6.01 Å². The second kappa shape index (κ2) is 5.56. The Hall–Kier alpha value is -1.30. The van der Waals surface area contributed by atoms with E-state index in [2.05, 4.69) is 15.5 Å². The third kappa shape index (κ3) is 2.58. The van der Waals surface area contributed by atoms with Crippen LogP contribution in [-0.2, 0) is 4.79 Å². The third-order valence-electron chi connectivity index (χ3n) is 3.07. The minimum Gasteiger partial charge on any atom is -0.406 e. The number of carbonyl (C=O) groups excluding carboxylic acids is 1. The van der Waals surface area contributed by atoms with E-state index in [0.717, 1.165) is 25.8 Å². The van der Waals surface area contributed by atoms with Crippen molar-refractivity contribution in [2.45, 2.75) is 37.6 Å². The summed E-state index contributed by atoms with van der Waals surface area (Å²) in [5.41, 5.74) is 0. The zero-order valence-corrected chi connectivity index (χ0v) is 11.3. The fourth-order valence-corrected chi connectivity index (χ4v) is 2.19. The fraction of sp³-hybridized carbons (Fsp3) is 0.727. The lowest BCUT2D eigenvalue weighted by atomic mass is 10.0. The van der Waals surface area contributed by atoms with Crippen LogP contribution < -0.4 is 10.2 Å². The topological polar surface area (TPSA) is 71.3 Å². The number of hydrogen-bond acceptors (Lipinski definition) is 5. The van der Waals surface area contributed by atoms with Crippen molar-refractivity contribution in [3.8, 4) is 0 Å². The van der Waals surface area contributed by atoms with Crippen molar-refractivity contribution < 1.29 is 9.21 Å². The van der Waals surface area contributed by atoms with Gasteiger partial charge in [0.05, 0.1) is 0 Å². The van der Waals surface area contributed by atoms with Gasteiger partial charge in [-0.3, -0.25) is 4.79 Å². The molecule has 2 unspecified atom stereocenters. The number of rotatable bonds is 3. The van der Waals surface area contributed by atoms with Crippen LogP contribution >= 0.6 is 11.6 Å². The maximum absolute atomic E-state index is 11.8. The highest BCUT2D eigenvalue weighted by molar-refractivity contribution is 6.20. The zero-order valence-electron chi connectivity index (χ0n) is 10.5. The summed E-state index contributed by atoms with van der Waals surface area (Å²) in [6.07, 6.45) is 2.84. The lowest BCUT2D eigenvalue weighted by molar-refractivity contribution is -0.122. The van der Waals surface area contributed by atoms with Gasteiger partial charge in [0, 0.05) is 13.6 Å². The number of aromatic nitrogens is 2. The molecule has 1 aromatic rings. The molecule has 0 spiro atoms. The molecule has 0 saturated carbocycles. The van der Waals surface area contributed by atoms with Gasteiger partial charge in [-0.15, -0.1) is 16.7 Å². The van der Waals surface area contributed by atoms with Crippen LogP contribution in [0.1, 0.15) is 37.5 Å². The number of nitrogens with one attached hydrogen (secondary N) is 1. The molecule has 2 heterocycles. The Morgan fingerprint density at radius 3 is 2.94 bits per heavy atom. The van der Waals surface area contributed by atoms with Crippen molar-refractivity contribution in [2.75, 3.05) is 18.5 Å². The number of anilines is 1. The molecule has 6 nitrogen and oxygen atoms in total. The first-order chi connectivity index (χ1) is 8.63. The van der Waals surface area contributed by atoms with E-state index in [0.29, 0.717) is 11.9 Å². The Morgan fingerprint density at radius 1 is 1.56 bits per heavy atom. The van der Waals surface area contributed by atoms with Gasteiger partial charge in [-0.05, 0) is 26.2 Å². The molecule has 1 fully saturated rings. The van der Waals surface area contributed by atoms with Crippen LogP contribution in [0, 0.1) is 0 Å². The van der Waals surface area contributed by atoms with Crippen molar-refractivity contribution in [3.05, 3.63) is 5.89 Å². The Bertz CT molecular complexity index is 421. The molecule has 0 radical (unpaired) electrons. The number of halogens is 1. The standard InChI is InChI=1S/C11H17ClN4O2/c1-7(12)10-14-15-11(18-10)16-6-4-3-5-8(16)9(17)13-2/h7-8H,3-6H2,1-2H3,(H,13,17). The van der Waals surface area contributed by atoms with E-state index < -0.39 is 0 Å². The molecule has 1 amide bonds. The fourth-order valence-electron chi connectivity index (χ4n) is 2.10. The summed E-state index contributed by atoms with van der Waals surface area (Å²) >= 11 is 5.89. The Labute approximate surface area is 111 Å². The number of amides is 1. The van der Waals surface area contributed by atoms with Crippen molar-refractivity contribution in [1.82, 2.24) is 15.5 Å². The van der Waals surface area contributed by atoms with Crippen molar-refractivity contribution >= 4 is 23.5 Å². The lowest BCUT2D eigenvalue weighted by Gasteiger charge is -2.32. The quantitative estimate of drug-likeness (QED) is 0.844. The Kier molecular flexibility index (Phi) is 4.06. The molecule has 2 atom stereocenters. The van der Waals surface area contributed by atoms with Crippen LogP contribution in [-0.4, -0.2) is 35.7 Å². The maximum Gasteiger partial charge on any atom is 0.318 e. The van der Waals surface area contributed by atoms with E-state index in [1.165, 1.54) is 0 Å². The number of piperidine rings is 1. The third-order valence-corrected chi connectivity index (χ3v) is 3.25. The first-order valence-corrected chi connectivity index (χ1v) is 6.53. The molecule has 1 aromatic heterocycles. The monoisotopic (exact) mass is 272 g/mol. The minimum atomic E-state index is -0.325. The van der Waals surface area contributed by atoms with Gasteiger partial charge < -0.3 is 14.6 Å². The summed E-state index contributed by atoms with van der Waals surface area (Å²) in [7, 11) is 1.63. The van der Waals surface area contributed by atoms with E-state index in [1.807, 2.05) is 4.90 Å². The van der Waals surface area contributed by atoms with Crippen LogP contribution in [0.3, 0.4) is 0 Å². The van der Waals surface area contributed by atoms with Gasteiger partial charge in [0.25, 0.3) is 0 Å². The van der Waals surface area contributed by atoms with Crippen molar-refractivity contribution in [2.24, 2.45) is 0 Å². The minimum absolute atomic E-state index is 0.0200. The predicted octanol–water partition coefficient (Wildman–Crippen LogP) is 1.47. The number of hydrogen-bond donors (Lipinski definition) is 1. The average molecular weight is 273 g/mol. The van der Waals surface area contributed by atoms with Gasteiger partial charge in [0.15, 0.2) is 0 Å². The van der Waals surface area contributed by atoms with E-state index >= 15 is 0 Å². The second-order valence-electron chi connectivity index (χ2n) is 4.36. The molecule has 0 aromatic carbocycles. The summed E-state index contributed by atoms with van der Waals surface area (Å²) in [5.74, 6) is 0.362. The second-order valence-corrected chi connectivity index (χ2v) is 5.01. The number of alkyl halides is 1. The molecule has 7 heteroatoms. The predicted molar refractivity (Wildman–Crippen MR) is 67.6 cm³/mol. The maximum atomic E-state index is 11.8. The van der Waals surface area contributed by atoms with Gasteiger partial charge in [0.2, 0.25) is 11.8 Å². The summed E-state index contributed by atoms with van der Waals surface area (Å²) < 4.78 is 5.50.